The fraction of sp³-hybridized carbons (Fsp3) is 0.385. The average Bonchev–Trinajstić information content (AvgIpc) is 2.80. The summed E-state index contributed by atoms with van der Waals surface area (Å²) in [6, 6.07) is 8.60. The highest BCUT2D eigenvalue weighted by atomic mass is 32.2. The summed E-state index contributed by atoms with van der Waals surface area (Å²) in [6.45, 7) is 0.176. The van der Waals surface area contributed by atoms with Gasteiger partial charge >= 0.3 is 0 Å². The maximum absolute atomic E-state index is 11.8. The van der Waals surface area contributed by atoms with E-state index in [-0.39, 0.29) is 18.1 Å². The number of hydrogen-bond acceptors (Lipinski definition) is 5. The summed E-state index contributed by atoms with van der Waals surface area (Å²) in [5.41, 5.74) is 6.61. The topological polar surface area (TPSA) is 82.5 Å². The Labute approximate surface area is 112 Å². The summed E-state index contributed by atoms with van der Waals surface area (Å²) in [5.74, 6) is 0.315. The zero-order chi connectivity index (χ0) is 13.9. The average molecular weight is 283 g/mol. The zero-order valence-electron chi connectivity index (χ0n) is 10.7. The van der Waals surface area contributed by atoms with E-state index in [1.807, 2.05) is 24.3 Å². The highest BCUT2D eigenvalue weighted by molar-refractivity contribution is 7.91. The fourth-order valence-corrected chi connectivity index (χ4v) is 3.13. The first-order valence-corrected chi connectivity index (χ1v) is 7.77. The number of hydrogen-bond donors (Lipinski definition) is 1. The Morgan fingerprint density at radius 3 is 2.79 bits per heavy atom. The van der Waals surface area contributed by atoms with Gasteiger partial charge in [-0.25, -0.2) is 8.42 Å². The van der Waals surface area contributed by atoms with Crippen molar-refractivity contribution in [3.63, 3.8) is 0 Å². The first-order valence-electron chi connectivity index (χ1n) is 5.95. The van der Waals surface area contributed by atoms with Crippen LogP contribution in [0.5, 0.6) is 0 Å². The lowest BCUT2D eigenvalue weighted by Gasteiger charge is -2.09. The second-order valence-electron chi connectivity index (χ2n) is 4.40. The van der Waals surface area contributed by atoms with E-state index in [9.17, 15) is 8.42 Å². The Bertz CT molecular complexity index is 614. The Kier molecular flexibility index (Phi) is 4.24. The van der Waals surface area contributed by atoms with E-state index in [1.54, 1.807) is 6.07 Å². The summed E-state index contributed by atoms with van der Waals surface area (Å²) >= 11 is 0. The fourth-order valence-electron chi connectivity index (χ4n) is 1.83. The minimum Gasteiger partial charge on any atom is -0.459 e. The lowest BCUT2D eigenvalue weighted by molar-refractivity contribution is 0.217. The van der Waals surface area contributed by atoms with E-state index in [0.29, 0.717) is 11.3 Å². The molecule has 0 fully saturated rings. The monoisotopic (exact) mass is 283 g/mol. The number of methoxy groups -OCH3 is 1. The molecule has 2 rings (SSSR count). The van der Waals surface area contributed by atoms with Gasteiger partial charge in [-0.15, -0.1) is 0 Å². The maximum atomic E-state index is 11.8. The second kappa shape index (κ2) is 5.73. The Morgan fingerprint density at radius 2 is 2.11 bits per heavy atom. The highest BCUT2D eigenvalue weighted by Crippen LogP contribution is 2.23. The predicted octanol–water partition coefficient (Wildman–Crippen LogP) is 1.49. The van der Waals surface area contributed by atoms with Gasteiger partial charge in [0.05, 0.1) is 24.2 Å². The molecule has 0 bridgehead atoms. The highest BCUT2D eigenvalue weighted by Gasteiger charge is 2.20. The lowest BCUT2D eigenvalue weighted by atomic mass is 10.2. The predicted molar refractivity (Wildman–Crippen MR) is 73.7 cm³/mol. The normalized spacial score (nSPS) is 13.8. The molecule has 0 spiro atoms. The molecule has 104 valence electrons. The molecule has 5 nitrogen and oxygen atoms in total. The van der Waals surface area contributed by atoms with Crippen molar-refractivity contribution in [1.82, 2.24) is 0 Å². The summed E-state index contributed by atoms with van der Waals surface area (Å²) in [4.78, 5) is 0. The molecule has 1 aromatic carbocycles. The Balaban J connectivity index is 2.13. The first-order chi connectivity index (χ1) is 9.02. The van der Waals surface area contributed by atoms with Gasteiger partial charge < -0.3 is 14.9 Å². The number of rotatable bonds is 6. The molecule has 1 unspecified atom stereocenters. The lowest BCUT2D eigenvalue weighted by Crippen LogP contribution is -2.24. The third-order valence-corrected chi connectivity index (χ3v) is 4.50. The summed E-state index contributed by atoms with van der Waals surface area (Å²) in [5, 5.41) is 0.919. The van der Waals surface area contributed by atoms with Gasteiger partial charge in [-0.05, 0) is 12.1 Å². The van der Waals surface area contributed by atoms with Crippen molar-refractivity contribution in [3.8, 4) is 0 Å². The first kappa shape index (κ1) is 14.0. The van der Waals surface area contributed by atoms with Crippen LogP contribution in [0, 0.1) is 0 Å². The van der Waals surface area contributed by atoms with E-state index in [4.69, 9.17) is 14.9 Å². The molecule has 1 aromatic heterocycles. The van der Waals surface area contributed by atoms with Crippen molar-refractivity contribution < 1.29 is 17.6 Å². The van der Waals surface area contributed by atoms with Crippen molar-refractivity contribution in [2.45, 2.75) is 6.04 Å². The van der Waals surface area contributed by atoms with Crippen LogP contribution in [-0.4, -0.2) is 33.6 Å². The van der Waals surface area contributed by atoms with Crippen LogP contribution in [0.25, 0.3) is 11.0 Å². The van der Waals surface area contributed by atoms with Crippen molar-refractivity contribution in [1.29, 1.82) is 0 Å². The van der Waals surface area contributed by atoms with Crippen LogP contribution >= 0.6 is 0 Å². The molecular weight excluding hydrogens is 266 g/mol. The third-order valence-electron chi connectivity index (χ3n) is 2.84. The molecule has 0 aliphatic heterocycles. The molecule has 19 heavy (non-hydrogen) atoms. The number of para-hydroxylation sites is 1. The molecule has 0 aliphatic rings. The Morgan fingerprint density at radius 1 is 1.37 bits per heavy atom. The van der Waals surface area contributed by atoms with Gasteiger partial charge in [0.1, 0.15) is 11.3 Å². The van der Waals surface area contributed by atoms with E-state index >= 15 is 0 Å². The van der Waals surface area contributed by atoms with E-state index < -0.39 is 15.9 Å². The number of fused-ring (bicyclic) bond motifs is 1. The van der Waals surface area contributed by atoms with Crippen LogP contribution in [0.2, 0.25) is 0 Å². The molecule has 2 aromatic rings. The van der Waals surface area contributed by atoms with Crippen LogP contribution in [0.4, 0.5) is 0 Å². The minimum absolute atomic E-state index is 0.0303. The van der Waals surface area contributed by atoms with E-state index in [2.05, 4.69) is 0 Å². The van der Waals surface area contributed by atoms with Crippen LogP contribution in [0.3, 0.4) is 0 Å². The molecule has 0 radical (unpaired) electrons. The smallest absolute Gasteiger partial charge is 0.154 e. The molecule has 1 atom stereocenters. The van der Waals surface area contributed by atoms with Gasteiger partial charge in [0.25, 0.3) is 0 Å². The van der Waals surface area contributed by atoms with E-state index in [1.165, 1.54) is 7.11 Å². The van der Waals surface area contributed by atoms with Gasteiger partial charge in [-0.3, -0.25) is 0 Å². The summed E-state index contributed by atoms with van der Waals surface area (Å²) in [7, 11) is -1.77. The van der Waals surface area contributed by atoms with Crippen LogP contribution < -0.4 is 5.73 Å². The number of sulfone groups is 1. The van der Waals surface area contributed by atoms with Crippen molar-refractivity contribution in [2.24, 2.45) is 5.73 Å². The van der Waals surface area contributed by atoms with Crippen LogP contribution in [-0.2, 0) is 14.6 Å². The summed E-state index contributed by atoms with van der Waals surface area (Å²) < 4.78 is 33.9. The molecule has 2 N–H and O–H groups in total. The maximum Gasteiger partial charge on any atom is 0.154 e. The minimum atomic E-state index is -3.24. The summed E-state index contributed by atoms with van der Waals surface area (Å²) in [6.07, 6.45) is 0. The van der Waals surface area contributed by atoms with Gasteiger partial charge in [-0.1, -0.05) is 18.2 Å². The largest absolute Gasteiger partial charge is 0.459 e. The number of furan rings is 1. The number of nitrogens with two attached hydrogens (primary N) is 1. The van der Waals surface area contributed by atoms with Gasteiger partial charge in [0.2, 0.25) is 0 Å². The molecular formula is C13H17NO4S. The molecule has 0 amide bonds. The molecule has 0 saturated heterocycles. The quantitative estimate of drug-likeness (QED) is 0.868. The van der Waals surface area contributed by atoms with Gasteiger partial charge in [0.15, 0.2) is 9.84 Å². The number of ether oxygens (including phenoxy) is 1. The molecule has 1 heterocycles. The van der Waals surface area contributed by atoms with Gasteiger partial charge in [0, 0.05) is 12.5 Å². The van der Waals surface area contributed by atoms with Crippen molar-refractivity contribution >= 4 is 20.8 Å². The standard InChI is InChI=1S/C13H17NO4S/c1-17-6-7-19(15,16)9-11(14)13-8-10-4-2-3-5-12(10)18-13/h2-5,8,11H,6-7,9,14H2,1H3. The Hall–Kier alpha value is -1.37. The SMILES string of the molecule is COCCS(=O)(=O)CC(N)c1cc2ccccc2o1. The molecule has 0 aliphatic carbocycles. The molecule has 6 heteroatoms. The van der Waals surface area contributed by atoms with Crippen molar-refractivity contribution in [3.05, 3.63) is 36.1 Å². The second-order valence-corrected chi connectivity index (χ2v) is 6.63. The van der Waals surface area contributed by atoms with Crippen LogP contribution in [0.15, 0.2) is 34.7 Å². The molecule has 0 saturated carbocycles. The van der Waals surface area contributed by atoms with E-state index in [0.717, 1.165) is 5.39 Å². The zero-order valence-corrected chi connectivity index (χ0v) is 11.5. The number of benzene rings is 1. The van der Waals surface area contributed by atoms with Crippen LogP contribution in [0.1, 0.15) is 11.8 Å². The third kappa shape index (κ3) is 3.56. The van der Waals surface area contributed by atoms with Crippen molar-refractivity contribution in [2.75, 3.05) is 25.2 Å². The van der Waals surface area contributed by atoms with Gasteiger partial charge in [-0.2, -0.15) is 0 Å².